The first-order chi connectivity index (χ1) is 19.3. The Morgan fingerprint density at radius 1 is 1.15 bits per heavy atom. The quantitative estimate of drug-likeness (QED) is 0.363. The highest BCUT2D eigenvalue weighted by atomic mass is 19.1. The van der Waals surface area contributed by atoms with Crippen LogP contribution in [0.5, 0.6) is 6.01 Å². The molecule has 2 N–H and O–H groups in total. The van der Waals surface area contributed by atoms with Gasteiger partial charge in [0.15, 0.2) is 5.82 Å². The van der Waals surface area contributed by atoms with E-state index in [1.807, 2.05) is 6.07 Å². The second kappa shape index (κ2) is 11.0. The highest BCUT2D eigenvalue weighted by Crippen LogP contribution is 2.31. The lowest BCUT2D eigenvalue weighted by Gasteiger charge is -2.38. The Labute approximate surface area is 232 Å². The number of amides is 1. The Bertz CT molecular complexity index is 1540. The lowest BCUT2D eigenvalue weighted by molar-refractivity contribution is 0.102. The molecule has 2 fully saturated rings. The molecule has 40 heavy (non-hydrogen) atoms. The fourth-order valence-corrected chi connectivity index (χ4v) is 5.90. The second-order valence-electron chi connectivity index (χ2n) is 11.0. The summed E-state index contributed by atoms with van der Waals surface area (Å²) in [6.45, 7) is 9.43. The third-order valence-corrected chi connectivity index (χ3v) is 7.62. The van der Waals surface area contributed by atoms with Gasteiger partial charge in [-0.2, -0.15) is 10.1 Å². The van der Waals surface area contributed by atoms with Crippen LogP contribution in [0.25, 0.3) is 21.8 Å². The van der Waals surface area contributed by atoms with Crippen molar-refractivity contribution in [3.63, 3.8) is 0 Å². The number of halogens is 1. The Morgan fingerprint density at radius 3 is 2.70 bits per heavy atom. The monoisotopic (exact) mass is 546 g/mol. The number of hydrogen-bond donors (Lipinski definition) is 2. The van der Waals surface area contributed by atoms with E-state index in [-0.39, 0.29) is 17.4 Å². The van der Waals surface area contributed by atoms with E-state index in [0.717, 1.165) is 43.8 Å². The summed E-state index contributed by atoms with van der Waals surface area (Å²) in [6.07, 6.45) is 5.90. The minimum atomic E-state index is -0.494. The molecule has 11 heteroatoms. The number of nitrogens with one attached hydrogen (secondary N) is 2. The van der Waals surface area contributed by atoms with Gasteiger partial charge in [0.05, 0.1) is 11.1 Å². The van der Waals surface area contributed by atoms with E-state index < -0.39 is 5.82 Å². The summed E-state index contributed by atoms with van der Waals surface area (Å²) in [5, 5.41) is 11.9. The molecule has 0 radical (unpaired) electrons. The lowest BCUT2D eigenvalue weighted by Crippen LogP contribution is -2.54. The average molecular weight is 547 g/mol. The first-order valence-electron chi connectivity index (χ1n) is 13.9. The van der Waals surface area contributed by atoms with Crippen LogP contribution < -0.4 is 20.3 Å². The number of hydrogen-bond acceptors (Lipinski definition) is 8. The number of benzene rings is 2. The van der Waals surface area contributed by atoms with Crippen molar-refractivity contribution < 1.29 is 13.9 Å². The fourth-order valence-electron chi connectivity index (χ4n) is 5.90. The molecule has 2 aliphatic rings. The topological polar surface area (TPSA) is 100 Å². The standard InChI is InChI=1S/C29H35FN8O2/c1-18-15-38(16-19(2)32-18)25-7-6-22(28(39)33-21-12-20-17-36(3)35-26(20)24(30)13-21)27-23(25)14-31-29(34-27)40-11-10-37-8-4-5-9-37/h6-7,12-14,17-19,32H,4-5,8-11,15-16H2,1-3H3,(H,33,39). The van der Waals surface area contributed by atoms with Crippen LogP contribution in [0, 0.1) is 5.82 Å². The molecule has 2 aromatic carbocycles. The van der Waals surface area contributed by atoms with Gasteiger partial charge in [-0.1, -0.05) is 0 Å². The van der Waals surface area contributed by atoms with Gasteiger partial charge >= 0.3 is 6.01 Å². The Kier molecular flexibility index (Phi) is 7.24. The summed E-state index contributed by atoms with van der Waals surface area (Å²) in [7, 11) is 1.73. The molecule has 10 nitrogen and oxygen atoms in total. The van der Waals surface area contributed by atoms with Gasteiger partial charge in [0.25, 0.3) is 5.91 Å². The van der Waals surface area contributed by atoms with Crippen LogP contribution in [0.3, 0.4) is 0 Å². The number of nitrogens with zero attached hydrogens (tertiary/aromatic N) is 6. The third-order valence-electron chi connectivity index (χ3n) is 7.62. The Morgan fingerprint density at radius 2 is 1.93 bits per heavy atom. The predicted molar refractivity (Wildman–Crippen MR) is 154 cm³/mol. The zero-order valence-corrected chi connectivity index (χ0v) is 23.2. The Hall–Kier alpha value is -3.83. The average Bonchev–Trinajstić information content (AvgIpc) is 3.56. The minimum Gasteiger partial charge on any atom is -0.462 e. The molecule has 4 heterocycles. The smallest absolute Gasteiger partial charge is 0.316 e. The van der Waals surface area contributed by atoms with Gasteiger partial charge in [0.1, 0.15) is 12.1 Å². The van der Waals surface area contributed by atoms with E-state index in [0.29, 0.717) is 40.8 Å². The molecule has 210 valence electrons. The van der Waals surface area contributed by atoms with Crippen molar-refractivity contribution in [1.82, 2.24) is 30.0 Å². The zero-order chi connectivity index (χ0) is 27.8. The SMILES string of the molecule is CC1CN(c2ccc(C(=O)Nc3cc(F)c4nn(C)cc4c3)c3nc(OCCN4CCCC4)ncc23)CC(C)N1. The van der Waals surface area contributed by atoms with E-state index in [1.165, 1.54) is 18.9 Å². The third kappa shape index (κ3) is 5.44. The second-order valence-corrected chi connectivity index (χ2v) is 11.0. The summed E-state index contributed by atoms with van der Waals surface area (Å²) in [5.41, 5.74) is 2.45. The maximum Gasteiger partial charge on any atom is 0.316 e. The van der Waals surface area contributed by atoms with E-state index in [9.17, 15) is 9.18 Å². The van der Waals surface area contributed by atoms with Crippen molar-refractivity contribution in [2.24, 2.45) is 7.05 Å². The van der Waals surface area contributed by atoms with Crippen LogP contribution >= 0.6 is 0 Å². The van der Waals surface area contributed by atoms with Gasteiger partial charge in [-0.25, -0.2) is 9.37 Å². The van der Waals surface area contributed by atoms with Crippen LogP contribution in [0.2, 0.25) is 0 Å². The largest absolute Gasteiger partial charge is 0.462 e. The van der Waals surface area contributed by atoms with Crippen molar-refractivity contribution in [3.8, 4) is 6.01 Å². The predicted octanol–water partition coefficient (Wildman–Crippen LogP) is 3.57. The summed E-state index contributed by atoms with van der Waals surface area (Å²) in [5.74, 6) is -0.880. The molecule has 0 aliphatic carbocycles. The van der Waals surface area contributed by atoms with Crippen LogP contribution in [0.4, 0.5) is 15.8 Å². The van der Waals surface area contributed by atoms with Gasteiger partial charge < -0.3 is 20.3 Å². The molecular weight excluding hydrogens is 511 g/mol. The maximum atomic E-state index is 14.7. The highest BCUT2D eigenvalue weighted by molar-refractivity contribution is 6.14. The number of aromatic nitrogens is 4. The summed E-state index contributed by atoms with van der Waals surface area (Å²) < 4.78 is 22.2. The molecule has 2 aliphatic heterocycles. The number of carbonyl (C=O) groups excluding carboxylic acids is 1. The van der Waals surface area contributed by atoms with Crippen molar-refractivity contribution in [3.05, 3.63) is 48.0 Å². The van der Waals surface area contributed by atoms with Crippen LogP contribution in [0.15, 0.2) is 36.7 Å². The zero-order valence-electron chi connectivity index (χ0n) is 23.2. The maximum absolute atomic E-state index is 14.7. The van der Waals surface area contributed by atoms with Crippen molar-refractivity contribution in [2.75, 3.05) is 49.5 Å². The molecule has 6 rings (SSSR count). The number of aryl methyl sites for hydroxylation is 1. The number of ether oxygens (including phenoxy) is 1. The minimum absolute atomic E-state index is 0.239. The van der Waals surface area contributed by atoms with Crippen molar-refractivity contribution in [1.29, 1.82) is 0 Å². The molecule has 2 unspecified atom stereocenters. The van der Waals surface area contributed by atoms with Gasteiger partial charge in [-0.15, -0.1) is 0 Å². The molecule has 2 saturated heterocycles. The molecule has 1 amide bonds. The van der Waals surface area contributed by atoms with Gasteiger partial charge in [-0.3, -0.25) is 14.4 Å². The summed E-state index contributed by atoms with van der Waals surface area (Å²) >= 11 is 0. The van der Waals surface area contributed by atoms with Crippen molar-refractivity contribution >= 4 is 39.1 Å². The molecule has 0 bridgehead atoms. The molecule has 4 aromatic rings. The molecule has 0 saturated carbocycles. The van der Waals surface area contributed by atoms with Crippen LogP contribution in [-0.2, 0) is 7.05 Å². The number of likely N-dealkylation sites (tertiary alicyclic amines) is 1. The summed E-state index contributed by atoms with van der Waals surface area (Å²) in [4.78, 5) is 27.5. The van der Waals surface area contributed by atoms with Gasteiger partial charge in [-0.05, 0) is 64.0 Å². The fraction of sp³-hybridized carbons (Fsp3) is 0.448. The number of fused-ring (bicyclic) bond motifs is 2. The van der Waals surface area contributed by atoms with E-state index in [4.69, 9.17) is 9.72 Å². The number of carbonyl (C=O) groups is 1. The molecule has 0 spiro atoms. The first-order valence-corrected chi connectivity index (χ1v) is 13.9. The molecule has 2 aromatic heterocycles. The molecular formula is C29H35FN8O2. The number of anilines is 2. The van der Waals surface area contributed by atoms with E-state index in [2.05, 4.69) is 44.4 Å². The normalized spacial score (nSPS) is 19.9. The van der Waals surface area contributed by atoms with Crippen LogP contribution in [-0.4, -0.2) is 82.0 Å². The lowest BCUT2D eigenvalue weighted by atomic mass is 10.0. The van der Waals surface area contributed by atoms with Gasteiger partial charge in [0, 0.05) is 73.3 Å². The summed E-state index contributed by atoms with van der Waals surface area (Å²) in [6, 6.07) is 7.60. The molecule has 2 atom stereocenters. The van der Waals surface area contributed by atoms with E-state index >= 15 is 0 Å². The number of piperazine rings is 1. The first kappa shape index (κ1) is 26.4. The number of rotatable bonds is 7. The van der Waals surface area contributed by atoms with Crippen LogP contribution in [0.1, 0.15) is 37.0 Å². The van der Waals surface area contributed by atoms with Gasteiger partial charge in [0.2, 0.25) is 0 Å². The highest BCUT2D eigenvalue weighted by Gasteiger charge is 2.25. The Balaban J connectivity index is 1.33. The van der Waals surface area contributed by atoms with E-state index in [1.54, 1.807) is 36.3 Å². The van der Waals surface area contributed by atoms with Crippen molar-refractivity contribution in [2.45, 2.75) is 38.8 Å².